The zero-order chi connectivity index (χ0) is 60.1. The summed E-state index contributed by atoms with van der Waals surface area (Å²) in [5, 5.41) is 12.2. The van der Waals surface area contributed by atoms with Crippen LogP contribution in [0.15, 0.2) is 315 Å². The molecule has 0 spiro atoms. The highest BCUT2D eigenvalue weighted by atomic mass is 15.0. The number of fused-ring (bicyclic) bond motifs is 15. The molecule has 19 aromatic rings. The summed E-state index contributed by atoms with van der Waals surface area (Å²) in [6.07, 6.45) is 0. The zero-order valence-corrected chi connectivity index (χ0v) is 49.7. The lowest BCUT2D eigenvalue weighted by atomic mass is 9.99. The van der Waals surface area contributed by atoms with Crippen molar-refractivity contribution in [1.82, 2.24) is 28.2 Å². The van der Waals surface area contributed by atoms with Gasteiger partial charge in [-0.3, -0.25) is 0 Å². The molecule has 1 aliphatic carbocycles. The second-order valence-electron chi connectivity index (χ2n) is 24.4. The molecule has 92 heavy (non-hydrogen) atoms. The van der Waals surface area contributed by atoms with Gasteiger partial charge in [0, 0.05) is 88.1 Å². The van der Waals surface area contributed by atoms with Gasteiger partial charge in [-0.25, -0.2) is 9.97 Å². The fourth-order valence-electron chi connectivity index (χ4n) is 15.4. The van der Waals surface area contributed by atoms with E-state index in [0.717, 1.165) is 89.6 Å². The SMILES string of the molecule is c1ccc(-n2c3ccccc3c3cc(-c4ccc5c6ccccc6n(-c6ccc(-c7nc(-c8ccc(-n9c%10ccccc%10c%10ccc(-c%11ccc%12c(c%11)c%11ccccc%11n%12-c%11ccccc%11)cc%109)cc8)c8c(n7)-c7cccc9cccc-8c79)cc6)c5c4)ccc32)cc1. The highest BCUT2D eigenvalue weighted by molar-refractivity contribution is 6.18. The molecule has 6 nitrogen and oxygen atoms in total. The summed E-state index contributed by atoms with van der Waals surface area (Å²) in [4.78, 5) is 11.1. The lowest BCUT2D eigenvalue weighted by molar-refractivity contribution is 1.16. The third-order valence-corrected chi connectivity index (χ3v) is 19.5. The number of hydrogen-bond acceptors (Lipinski definition) is 2. The Morgan fingerprint density at radius 2 is 0.554 bits per heavy atom. The average molecular weight is 1170 g/mol. The van der Waals surface area contributed by atoms with Crippen molar-refractivity contribution >= 4 is 98.0 Å². The molecular weight excluding hydrogens is 1120 g/mol. The maximum Gasteiger partial charge on any atom is 0.160 e. The zero-order valence-electron chi connectivity index (χ0n) is 49.7. The Labute approximate surface area is 528 Å². The first-order valence-corrected chi connectivity index (χ1v) is 31.5. The minimum Gasteiger partial charge on any atom is -0.309 e. The van der Waals surface area contributed by atoms with Gasteiger partial charge in [0.1, 0.15) is 0 Å². The molecule has 0 atom stereocenters. The molecule has 0 aliphatic heterocycles. The summed E-state index contributed by atoms with van der Waals surface area (Å²) in [5.41, 5.74) is 25.8. The normalized spacial score (nSPS) is 12.1. The van der Waals surface area contributed by atoms with Crippen LogP contribution in [0.2, 0.25) is 0 Å². The fourth-order valence-corrected chi connectivity index (χ4v) is 15.4. The molecule has 0 saturated heterocycles. The van der Waals surface area contributed by atoms with E-state index in [9.17, 15) is 0 Å². The maximum atomic E-state index is 5.62. The van der Waals surface area contributed by atoms with E-state index >= 15 is 0 Å². The topological polar surface area (TPSA) is 45.5 Å². The Bertz CT molecular complexity index is 6280. The molecule has 5 heterocycles. The second kappa shape index (κ2) is 19.6. The molecule has 426 valence electrons. The molecule has 14 aromatic carbocycles. The standard InChI is InChI=1S/C86H52N6/c1-3-19-60(20-4-1)89-76-31-13-9-25-66(76)72-49-56(39-47-78(72)89)58-37-45-68-64-23-7-11-29-74(64)91(80(68)51-58)62-41-33-54(34-42-62)84-83-70-27-15-17-53-18-16-28-71(82(53)70)85(83)88-86(87-84)55-35-43-63(44-36-55)92-75-30-12-8-24-65(75)69-46-38-59(52-81(69)92)57-40-48-79-73(50-57)67-26-10-14-32-77(67)90(79)61-21-5-2-6-22-61/h1-52H. The molecule has 0 amide bonds. The van der Waals surface area contributed by atoms with Gasteiger partial charge in [0.05, 0.1) is 55.5 Å². The summed E-state index contributed by atoms with van der Waals surface area (Å²) in [6.45, 7) is 0. The van der Waals surface area contributed by atoms with Crippen molar-refractivity contribution in [3.8, 4) is 90.0 Å². The molecule has 0 fully saturated rings. The van der Waals surface area contributed by atoms with Crippen LogP contribution in [0.3, 0.4) is 0 Å². The van der Waals surface area contributed by atoms with Gasteiger partial charge >= 0.3 is 0 Å². The van der Waals surface area contributed by atoms with Gasteiger partial charge in [0.25, 0.3) is 0 Å². The number of nitrogens with zero attached hydrogens (tertiary/aromatic N) is 6. The Morgan fingerprint density at radius 3 is 1.04 bits per heavy atom. The van der Waals surface area contributed by atoms with E-state index in [1.165, 1.54) is 92.6 Å². The van der Waals surface area contributed by atoms with Crippen LogP contribution < -0.4 is 0 Å². The smallest absolute Gasteiger partial charge is 0.160 e. The minimum atomic E-state index is 0.686. The predicted molar refractivity (Wildman–Crippen MR) is 383 cm³/mol. The number of hydrogen-bond donors (Lipinski definition) is 0. The van der Waals surface area contributed by atoms with Crippen molar-refractivity contribution in [3.63, 3.8) is 0 Å². The molecule has 0 radical (unpaired) electrons. The van der Waals surface area contributed by atoms with Crippen molar-refractivity contribution in [1.29, 1.82) is 0 Å². The molecule has 0 N–H and O–H groups in total. The molecule has 1 aliphatic rings. The summed E-state index contributed by atoms with van der Waals surface area (Å²) in [5.74, 6) is 0.686. The molecule has 0 saturated carbocycles. The minimum absolute atomic E-state index is 0.686. The van der Waals surface area contributed by atoms with Crippen LogP contribution in [0.25, 0.3) is 188 Å². The van der Waals surface area contributed by atoms with E-state index in [-0.39, 0.29) is 0 Å². The first-order chi connectivity index (χ1) is 45.6. The first-order valence-electron chi connectivity index (χ1n) is 31.5. The molecule has 0 unspecified atom stereocenters. The van der Waals surface area contributed by atoms with Crippen LogP contribution >= 0.6 is 0 Å². The quantitative estimate of drug-likeness (QED) is 0.152. The van der Waals surface area contributed by atoms with Crippen molar-refractivity contribution in [2.75, 3.05) is 0 Å². The predicted octanol–water partition coefficient (Wildman–Crippen LogP) is 22.3. The van der Waals surface area contributed by atoms with Crippen LogP contribution in [0.5, 0.6) is 0 Å². The third-order valence-electron chi connectivity index (χ3n) is 19.5. The Balaban J connectivity index is 0.692. The molecule has 5 aromatic heterocycles. The lowest BCUT2D eigenvalue weighted by Crippen LogP contribution is -1.99. The maximum absolute atomic E-state index is 5.62. The summed E-state index contributed by atoms with van der Waals surface area (Å²) >= 11 is 0. The van der Waals surface area contributed by atoms with Gasteiger partial charge in [-0.1, -0.05) is 194 Å². The van der Waals surface area contributed by atoms with E-state index in [0.29, 0.717) is 5.82 Å². The molecule has 6 heteroatoms. The summed E-state index contributed by atoms with van der Waals surface area (Å²) < 4.78 is 9.59. The molecule has 20 rings (SSSR count). The van der Waals surface area contributed by atoms with E-state index in [2.05, 4.69) is 334 Å². The number of aromatic nitrogens is 6. The molecule has 0 bridgehead atoms. The third kappa shape index (κ3) is 7.43. The van der Waals surface area contributed by atoms with Gasteiger partial charge in [-0.15, -0.1) is 0 Å². The van der Waals surface area contributed by atoms with Gasteiger partial charge in [-0.2, -0.15) is 0 Å². The lowest BCUT2D eigenvalue weighted by Gasteiger charge is -2.14. The summed E-state index contributed by atoms with van der Waals surface area (Å²) in [6, 6.07) is 115. The van der Waals surface area contributed by atoms with Crippen LogP contribution in [0.1, 0.15) is 0 Å². The Morgan fingerprint density at radius 1 is 0.207 bits per heavy atom. The number of rotatable bonds is 8. The second-order valence-corrected chi connectivity index (χ2v) is 24.4. The van der Waals surface area contributed by atoms with Gasteiger partial charge in [0.2, 0.25) is 0 Å². The van der Waals surface area contributed by atoms with Crippen LogP contribution in [0, 0.1) is 0 Å². The largest absolute Gasteiger partial charge is 0.309 e. The Kier molecular flexibility index (Phi) is 10.8. The van der Waals surface area contributed by atoms with Crippen LogP contribution in [-0.2, 0) is 0 Å². The van der Waals surface area contributed by atoms with Crippen molar-refractivity contribution < 1.29 is 0 Å². The van der Waals surface area contributed by atoms with Gasteiger partial charge < -0.3 is 18.3 Å². The van der Waals surface area contributed by atoms with Crippen molar-refractivity contribution in [2.24, 2.45) is 0 Å². The highest BCUT2D eigenvalue weighted by Crippen LogP contribution is 2.51. The van der Waals surface area contributed by atoms with E-state index in [1.807, 2.05) is 0 Å². The summed E-state index contributed by atoms with van der Waals surface area (Å²) in [7, 11) is 0. The van der Waals surface area contributed by atoms with E-state index in [4.69, 9.17) is 9.97 Å². The van der Waals surface area contributed by atoms with E-state index in [1.54, 1.807) is 0 Å². The first kappa shape index (κ1) is 50.6. The number of benzene rings is 14. The Hall–Kier alpha value is -12.4. The molecular formula is C86H52N6. The van der Waals surface area contributed by atoms with Gasteiger partial charge in [0.15, 0.2) is 5.82 Å². The fraction of sp³-hybridized carbons (Fsp3) is 0. The van der Waals surface area contributed by atoms with E-state index < -0.39 is 0 Å². The monoisotopic (exact) mass is 1170 g/mol. The average Bonchev–Trinajstić information content (AvgIpc) is 1.60. The highest BCUT2D eigenvalue weighted by Gasteiger charge is 2.29. The van der Waals surface area contributed by atoms with Crippen molar-refractivity contribution in [3.05, 3.63) is 315 Å². The van der Waals surface area contributed by atoms with Crippen LogP contribution in [0.4, 0.5) is 0 Å². The van der Waals surface area contributed by atoms with Crippen molar-refractivity contribution in [2.45, 2.75) is 0 Å². The van der Waals surface area contributed by atoms with Gasteiger partial charge in [-0.05, 0) is 160 Å². The van der Waals surface area contributed by atoms with Crippen LogP contribution in [-0.4, -0.2) is 28.2 Å². The number of para-hydroxylation sites is 6.